The fourth-order valence-corrected chi connectivity index (χ4v) is 4.99. The highest BCUT2D eigenvalue weighted by molar-refractivity contribution is 5.94. The molecule has 2 aromatic carbocycles. The van der Waals surface area contributed by atoms with Crippen molar-refractivity contribution in [3.63, 3.8) is 0 Å². The molecule has 1 aliphatic rings. The first-order chi connectivity index (χ1) is 17.9. The van der Waals surface area contributed by atoms with Crippen molar-refractivity contribution in [1.29, 1.82) is 0 Å². The fraction of sp³-hybridized carbons (Fsp3) is 0.448. The maximum atomic E-state index is 14.3. The summed E-state index contributed by atoms with van der Waals surface area (Å²) in [5.41, 5.74) is 3.81. The molecule has 1 aromatic heterocycles. The molecule has 0 saturated heterocycles. The average molecular weight is 510 g/mol. The van der Waals surface area contributed by atoms with E-state index in [0.29, 0.717) is 30.6 Å². The number of carbonyl (C=O) groups is 1. The van der Waals surface area contributed by atoms with Crippen LogP contribution in [0.25, 0.3) is 0 Å². The van der Waals surface area contributed by atoms with Gasteiger partial charge in [0.25, 0.3) is 0 Å². The van der Waals surface area contributed by atoms with E-state index in [9.17, 15) is 13.6 Å². The second-order valence-corrected chi connectivity index (χ2v) is 9.98. The minimum absolute atomic E-state index is 0.0420. The number of imidazole rings is 1. The summed E-state index contributed by atoms with van der Waals surface area (Å²) in [7, 11) is 0. The van der Waals surface area contributed by atoms with Crippen molar-refractivity contribution in [2.24, 2.45) is 0 Å². The normalized spacial score (nSPS) is 15.8. The van der Waals surface area contributed by atoms with Gasteiger partial charge in [0.05, 0.1) is 12.4 Å². The predicted molar refractivity (Wildman–Crippen MR) is 142 cm³/mol. The lowest BCUT2D eigenvalue weighted by Gasteiger charge is -2.29. The summed E-state index contributed by atoms with van der Waals surface area (Å²) in [6.07, 6.45) is 7.79. The standard InChI is InChI=1S/C29H37F2N5O/c1-3-6-27(34-24-10-9-22-14-23(30)15-26(31)25(22)16-24)29(37)35-28-18-36(19-33-28)12-5-11-32-17-21-8-4-7-20(2)13-21/h4,7-8,13-15,18-19,24,27,32,34H,3,5-6,9-12,16-17H2,1-2H3,(H,35,37)/t24?,27-/m0/s1. The quantitative estimate of drug-likeness (QED) is 0.304. The van der Waals surface area contributed by atoms with Gasteiger partial charge in [-0.25, -0.2) is 13.8 Å². The maximum absolute atomic E-state index is 14.3. The third-order valence-corrected chi connectivity index (χ3v) is 6.86. The predicted octanol–water partition coefficient (Wildman–Crippen LogP) is 4.90. The van der Waals surface area contributed by atoms with Crippen molar-refractivity contribution in [2.45, 2.75) is 77.5 Å². The van der Waals surface area contributed by atoms with Crippen molar-refractivity contribution >= 4 is 11.7 Å². The highest BCUT2D eigenvalue weighted by Crippen LogP contribution is 2.26. The van der Waals surface area contributed by atoms with E-state index >= 15 is 0 Å². The number of hydrogen-bond acceptors (Lipinski definition) is 4. The van der Waals surface area contributed by atoms with Crippen LogP contribution in [0.1, 0.15) is 54.9 Å². The van der Waals surface area contributed by atoms with Gasteiger partial charge in [-0.3, -0.25) is 4.79 Å². The number of anilines is 1. The molecule has 8 heteroatoms. The van der Waals surface area contributed by atoms with Crippen LogP contribution in [0.3, 0.4) is 0 Å². The van der Waals surface area contributed by atoms with E-state index in [0.717, 1.165) is 50.5 Å². The molecule has 1 heterocycles. The third-order valence-electron chi connectivity index (χ3n) is 6.86. The van der Waals surface area contributed by atoms with E-state index in [2.05, 4.69) is 52.1 Å². The summed E-state index contributed by atoms with van der Waals surface area (Å²) in [4.78, 5) is 17.4. The summed E-state index contributed by atoms with van der Waals surface area (Å²) < 4.78 is 29.8. The Kier molecular flexibility index (Phi) is 9.41. The minimum Gasteiger partial charge on any atom is -0.335 e. The largest absolute Gasteiger partial charge is 0.335 e. The topological polar surface area (TPSA) is 71.0 Å². The first-order valence-corrected chi connectivity index (χ1v) is 13.2. The Morgan fingerprint density at radius 1 is 1.24 bits per heavy atom. The van der Waals surface area contributed by atoms with Gasteiger partial charge < -0.3 is 20.5 Å². The molecular formula is C29H37F2N5O. The molecule has 0 radical (unpaired) electrons. The number of benzene rings is 2. The molecule has 1 amide bonds. The SMILES string of the molecule is CCC[C@H](NC1CCc2cc(F)cc(F)c2C1)C(=O)Nc1cn(CCCNCc2cccc(C)c2)cn1. The van der Waals surface area contributed by atoms with E-state index < -0.39 is 17.7 Å². The van der Waals surface area contributed by atoms with Crippen LogP contribution in [-0.4, -0.2) is 34.1 Å². The zero-order chi connectivity index (χ0) is 26.2. The maximum Gasteiger partial charge on any atom is 0.242 e. The first kappa shape index (κ1) is 26.9. The lowest BCUT2D eigenvalue weighted by molar-refractivity contribution is -0.118. The molecule has 4 rings (SSSR count). The molecule has 198 valence electrons. The van der Waals surface area contributed by atoms with Crippen molar-refractivity contribution in [2.75, 3.05) is 11.9 Å². The summed E-state index contributed by atoms with van der Waals surface area (Å²) >= 11 is 0. The number of nitrogens with one attached hydrogen (secondary N) is 3. The molecule has 37 heavy (non-hydrogen) atoms. The molecule has 3 aromatic rings. The van der Waals surface area contributed by atoms with Gasteiger partial charge in [-0.1, -0.05) is 43.2 Å². The van der Waals surface area contributed by atoms with Crippen LogP contribution < -0.4 is 16.0 Å². The molecule has 1 aliphatic carbocycles. The highest BCUT2D eigenvalue weighted by Gasteiger charge is 2.27. The summed E-state index contributed by atoms with van der Waals surface area (Å²) in [6, 6.07) is 10.4. The second-order valence-electron chi connectivity index (χ2n) is 9.98. The second kappa shape index (κ2) is 12.9. The van der Waals surface area contributed by atoms with E-state index in [1.165, 1.54) is 17.2 Å². The zero-order valence-electron chi connectivity index (χ0n) is 21.7. The number of amides is 1. The van der Waals surface area contributed by atoms with Gasteiger partial charge in [-0.2, -0.15) is 0 Å². The van der Waals surface area contributed by atoms with Crippen molar-refractivity contribution in [3.05, 3.63) is 82.8 Å². The van der Waals surface area contributed by atoms with Crippen molar-refractivity contribution in [1.82, 2.24) is 20.2 Å². The molecule has 1 unspecified atom stereocenters. The van der Waals surface area contributed by atoms with Crippen LogP contribution in [-0.2, 0) is 30.7 Å². The summed E-state index contributed by atoms with van der Waals surface area (Å²) in [5, 5.41) is 9.81. The van der Waals surface area contributed by atoms with Crippen LogP contribution in [0.5, 0.6) is 0 Å². The van der Waals surface area contributed by atoms with Gasteiger partial charge in [0.15, 0.2) is 5.82 Å². The fourth-order valence-electron chi connectivity index (χ4n) is 4.99. The lowest BCUT2D eigenvalue weighted by Crippen LogP contribution is -2.48. The molecule has 0 fully saturated rings. The van der Waals surface area contributed by atoms with Crippen LogP contribution in [0.2, 0.25) is 0 Å². The Morgan fingerprint density at radius 3 is 2.92 bits per heavy atom. The Bertz CT molecular complexity index is 1190. The molecular weight excluding hydrogens is 472 g/mol. The molecule has 0 bridgehead atoms. The Balaban J connectivity index is 1.24. The van der Waals surface area contributed by atoms with Crippen molar-refractivity contribution in [3.8, 4) is 0 Å². The van der Waals surface area contributed by atoms with Gasteiger partial charge in [0.2, 0.25) is 5.91 Å². The third kappa shape index (κ3) is 7.69. The number of rotatable bonds is 12. The van der Waals surface area contributed by atoms with Crippen molar-refractivity contribution < 1.29 is 13.6 Å². The average Bonchev–Trinajstić information content (AvgIpc) is 3.31. The number of aryl methyl sites for hydroxylation is 3. The van der Waals surface area contributed by atoms with Crippen LogP contribution >= 0.6 is 0 Å². The van der Waals surface area contributed by atoms with E-state index in [1.54, 1.807) is 6.33 Å². The number of halogens is 2. The Morgan fingerprint density at radius 2 is 2.11 bits per heavy atom. The molecule has 0 saturated carbocycles. The van der Waals surface area contributed by atoms with Crippen LogP contribution in [0, 0.1) is 18.6 Å². The molecule has 2 atom stereocenters. The monoisotopic (exact) mass is 509 g/mol. The zero-order valence-corrected chi connectivity index (χ0v) is 21.7. The van der Waals surface area contributed by atoms with Crippen LogP contribution in [0.15, 0.2) is 48.9 Å². The van der Waals surface area contributed by atoms with Gasteiger partial charge in [0, 0.05) is 31.4 Å². The highest BCUT2D eigenvalue weighted by atomic mass is 19.1. The number of nitrogens with zero attached hydrogens (tertiary/aromatic N) is 2. The molecule has 0 spiro atoms. The molecule has 6 nitrogen and oxygen atoms in total. The summed E-state index contributed by atoms with van der Waals surface area (Å²) in [6.45, 7) is 6.65. The van der Waals surface area contributed by atoms with Gasteiger partial charge >= 0.3 is 0 Å². The number of fused-ring (bicyclic) bond motifs is 1. The van der Waals surface area contributed by atoms with E-state index in [4.69, 9.17) is 0 Å². The number of aromatic nitrogens is 2. The number of carbonyl (C=O) groups excluding carboxylic acids is 1. The minimum atomic E-state index is -0.538. The van der Waals surface area contributed by atoms with Crippen LogP contribution in [0.4, 0.5) is 14.6 Å². The van der Waals surface area contributed by atoms with Gasteiger partial charge in [-0.15, -0.1) is 0 Å². The lowest BCUT2D eigenvalue weighted by atomic mass is 9.87. The van der Waals surface area contributed by atoms with E-state index in [1.807, 2.05) is 17.7 Å². The van der Waals surface area contributed by atoms with Gasteiger partial charge in [-0.05, 0) is 68.3 Å². The van der Waals surface area contributed by atoms with Gasteiger partial charge in [0.1, 0.15) is 11.6 Å². The first-order valence-electron chi connectivity index (χ1n) is 13.2. The Labute approximate surface area is 217 Å². The molecule has 3 N–H and O–H groups in total. The molecule has 0 aliphatic heterocycles. The summed E-state index contributed by atoms with van der Waals surface area (Å²) in [5.74, 6) is -0.661. The van der Waals surface area contributed by atoms with E-state index in [-0.39, 0.29) is 11.9 Å². The smallest absolute Gasteiger partial charge is 0.242 e. The number of hydrogen-bond donors (Lipinski definition) is 3. The Hall–Kier alpha value is -3.10.